The van der Waals surface area contributed by atoms with E-state index in [9.17, 15) is 4.79 Å². The van der Waals surface area contributed by atoms with E-state index in [1.165, 1.54) is 0 Å². The van der Waals surface area contributed by atoms with Crippen LogP contribution < -0.4 is 16.0 Å². The highest BCUT2D eigenvalue weighted by Crippen LogP contribution is 2.25. The van der Waals surface area contributed by atoms with E-state index in [0.29, 0.717) is 5.69 Å². The number of nitrogens with zero attached hydrogens (tertiary/aromatic N) is 2. The van der Waals surface area contributed by atoms with Crippen LogP contribution in [-0.4, -0.2) is 35.8 Å². The Hall–Kier alpha value is -1.98. The van der Waals surface area contributed by atoms with Gasteiger partial charge in [-0.3, -0.25) is 4.98 Å². The minimum atomic E-state index is -0.478. The van der Waals surface area contributed by atoms with E-state index in [0.717, 1.165) is 31.6 Å². The molecule has 0 radical (unpaired) electrons. The number of piperidine rings is 1. The Balaban J connectivity index is 1.95. The molecule has 1 atom stereocenters. The fourth-order valence-corrected chi connectivity index (χ4v) is 2.48. The average Bonchev–Trinajstić information content (AvgIpc) is 2.37. The largest absolute Gasteiger partial charge is 0.444 e. The highest BCUT2D eigenvalue weighted by Gasteiger charge is 2.25. The Labute approximate surface area is 125 Å². The Bertz CT molecular complexity index is 499. The summed E-state index contributed by atoms with van der Waals surface area (Å²) in [6.45, 7) is 7.24. The number of carbonyl (C=O) groups excluding carboxylic acids is 1. The molecule has 0 aliphatic carbocycles. The lowest BCUT2D eigenvalue weighted by Crippen LogP contribution is -2.49. The summed E-state index contributed by atoms with van der Waals surface area (Å²) in [5.74, 6) is 0. The predicted octanol–water partition coefficient (Wildman–Crippen LogP) is 2.16. The first kappa shape index (κ1) is 15.4. The van der Waals surface area contributed by atoms with Crippen LogP contribution in [0.15, 0.2) is 18.5 Å². The lowest BCUT2D eigenvalue weighted by atomic mass is 10.1. The highest BCUT2D eigenvalue weighted by molar-refractivity contribution is 5.69. The summed E-state index contributed by atoms with van der Waals surface area (Å²) in [6, 6.07) is 1.98. The number of aromatic nitrogens is 1. The van der Waals surface area contributed by atoms with E-state index in [4.69, 9.17) is 10.5 Å². The van der Waals surface area contributed by atoms with Gasteiger partial charge in [0.1, 0.15) is 5.60 Å². The zero-order valence-corrected chi connectivity index (χ0v) is 12.9. The Morgan fingerprint density at radius 1 is 1.52 bits per heavy atom. The van der Waals surface area contributed by atoms with E-state index in [-0.39, 0.29) is 12.1 Å². The molecular weight excluding hydrogens is 268 g/mol. The number of nitrogens with two attached hydrogens (primary N) is 1. The molecule has 3 N–H and O–H groups in total. The molecule has 1 aliphatic heterocycles. The molecule has 1 aromatic heterocycles. The van der Waals surface area contributed by atoms with Gasteiger partial charge in [0.05, 0.1) is 17.6 Å². The third kappa shape index (κ3) is 4.51. The van der Waals surface area contributed by atoms with Gasteiger partial charge in [-0.05, 0) is 39.7 Å². The molecule has 0 aromatic carbocycles. The van der Waals surface area contributed by atoms with Gasteiger partial charge in [-0.15, -0.1) is 0 Å². The van der Waals surface area contributed by atoms with Crippen molar-refractivity contribution >= 4 is 17.5 Å². The molecular formula is C15H24N4O2. The maximum Gasteiger partial charge on any atom is 0.407 e. The fourth-order valence-electron chi connectivity index (χ4n) is 2.48. The number of nitrogen functional groups attached to an aromatic ring is 1. The van der Waals surface area contributed by atoms with Gasteiger partial charge < -0.3 is 20.7 Å². The number of nitrogens with one attached hydrogen (secondary N) is 1. The lowest BCUT2D eigenvalue weighted by molar-refractivity contribution is 0.0500. The van der Waals surface area contributed by atoms with Crippen molar-refractivity contribution in [3.05, 3.63) is 18.5 Å². The molecule has 0 spiro atoms. The van der Waals surface area contributed by atoms with Gasteiger partial charge in [0.2, 0.25) is 0 Å². The minimum Gasteiger partial charge on any atom is -0.444 e. The number of hydrogen-bond acceptors (Lipinski definition) is 5. The van der Waals surface area contributed by atoms with Gasteiger partial charge in [0.25, 0.3) is 0 Å². The smallest absolute Gasteiger partial charge is 0.407 e. The number of pyridine rings is 1. The quantitative estimate of drug-likeness (QED) is 0.873. The van der Waals surface area contributed by atoms with Crippen molar-refractivity contribution in [3.63, 3.8) is 0 Å². The topological polar surface area (TPSA) is 80.5 Å². The van der Waals surface area contributed by atoms with Gasteiger partial charge >= 0.3 is 6.09 Å². The predicted molar refractivity (Wildman–Crippen MR) is 83.3 cm³/mol. The molecule has 2 rings (SSSR count). The van der Waals surface area contributed by atoms with E-state index in [1.807, 2.05) is 26.8 Å². The van der Waals surface area contributed by atoms with Crippen molar-refractivity contribution in [1.29, 1.82) is 0 Å². The van der Waals surface area contributed by atoms with Gasteiger partial charge in [-0.2, -0.15) is 0 Å². The van der Waals surface area contributed by atoms with Crippen LogP contribution >= 0.6 is 0 Å². The number of alkyl carbamates (subject to hydrolysis) is 1. The normalized spacial score (nSPS) is 19.2. The minimum absolute atomic E-state index is 0.0705. The molecule has 116 valence electrons. The Morgan fingerprint density at radius 2 is 2.29 bits per heavy atom. The molecule has 6 heteroatoms. The van der Waals surface area contributed by atoms with Crippen LogP contribution in [0.3, 0.4) is 0 Å². The first-order valence-corrected chi connectivity index (χ1v) is 7.29. The summed E-state index contributed by atoms with van der Waals surface area (Å²) in [7, 11) is 0. The molecule has 1 unspecified atom stereocenters. The van der Waals surface area contributed by atoms with Gasteiger partial charge in [0.15, 0.2) is 0 Å². The Morgan fingerprint density at radius 3 is 2.95 bits per heavy atom. The zero-order valence-electron chi connectivity index (χ0n) is 12.9. The summed E-state index contributed by atoms with van der Waals surface area (Å²) in [6.07, 6.45) is 4.97. The van der Waals surface area contributed by atoms with Crippen LogP contribution in [0.1, 0.15) is 33.6 Å². The second-order valence-electron chi connectivity index (χ2n) is 6.37. The van der Waals surface area contributed by atoms with Crippen molar-refractivity contribution in [3.8, 4) is 0 Å². The molecule has 1 fully saturated rings. The molecule has 1 amide bonds. The molecule has 1 saturated heterocycles. The van der Waals surface area contributed by atoms with E-state index < -0.39 is 5.60 Å². The van der Waals surface area contributed by atoms with Crippen molar-refractivity contribution in [2.45, 2.75) is 45.3 Å². The Kier molecular flexibility index (Phi) is 4.55. The van der Waals surface area contributed by atoms with Gasteiger partial charge in [-0.25, -0.2) is 4.79 Å². The molecule has 6 nitrogen and oxygen atoms in total. The number of rotatable bonds is 2. The first-order chi connectivity index (χ1) is 9.85. The number of carbonyl (C=O) groups is 1. The second kappa shape index (κ2) is 6.20. The van der Waals surface area contributed by atoms with E-state index in [2.05, 4.69) is 15.2 Å². The van der Waals surface area contributed by atoms with Gasteiger partial charge in [-0.1, -0.05) is 0 Å². The van der Waals surface area contributed by atoms with Crippen LogP contribution in [0.25, 0.3) is 0 Å². The standard InChI is InChI=1S/C15H24N4O2/c1-15(2,3)21-14(20)18-11-5-4-8-19(10-11)13-6-7-17-9-12(13)16/h6-7,9,11H,4-5,8,10,16H2,1-3H3,(H,18,20). The van der Waals surface area contributed by atoms with Crippen LogP contribution in [0.2, 0.25) is 0 Å². The maximum absolute atomic E-state index is 11.9. The van der Waals surface area contributed by atoms with Crippen molar-refractivity contribution in [2.24, 2.45) is 0 Å². The number of hydrogen-bond donors (Lipinski definition) is 2. The third-order valence-corrected chi connectivity index (χ3v) is 3.31. The van der Waals surface area contributed by atoms with Crippen molar-refractivity contribution < 1.29 is 9.53 Å². The average molecular weight is 292 g/mol. The van der Waals surface area contributed by atoms with Crippen molar-refractivity contribution in [2.75, 3.05) is 23.7 Å². The van der Waals surface area contributed by atoms with Crippen LogP contribution in [-0.2, 0) is 4.74 Å². The van der Waals surface area contributed by atoms with Crippen LogP contribution in [0.5, 0.6) is 0 Å². The zero-order chi connectivity index (χ0) is 15.5. The fraction of sp³-hybridized carbons (Fsp3) is 0.600. The van der Waals surface area contributed by atoms with E-state index >= 15 is 0 Å². The summed E-state index contributed by atoms with van der Waals surface area (Å²) >= 11 is 0. The lowest BCUT2D eigenvalue weighted by Gasteiger charge is -2.35. The highest BCUT2D eigenvalue weighted by atomic mass is 16.6. The van der Waals surface area contributed by atoms with Crippen LogP contribution in [0.4, 0.5) is 16.2 Å². The molecule has 2 heterocycles. The molecule has 0 saturated carbocycles. The monoisotopic (exact) mass is 292 g/mol. The summed E-state index contributed by atoms with van der Waals surface area (Å²) in [5.41, 5.74) is 7.12. The van der Waals surface area contributed by atoms with Crippen molar-refractivity contribution in [1.82, 2.24) is 10.3 Å². The summed E-state index contributed by atoms with van der Waals surface area (Å²) in [5, 5.41) is 2.94. The maximum atomic E-state index is 11.9. The summed E-state index contributed by atoms with van der Waals surface area (Å²) in [4.78, 5) is 18.0. The molecule has 1 aromatic rings. The van der Waals surface area contributed by atoms with E-state index in [1.54, 1.807) is 12.4 Å². The molecule has 21 heavy (non-hydrogen) atoms. The number of amides is 1. The third-order valence-electron chi connectivity index (χ3n) is 3.31. The first-order valence-electron chi connectivity index (χ1n) is 7.29. The van der Waals surface area contributed by atoms with Gasteiger partial charge in [0, 0.05) is 25.3 Å². The number of ether oxygens (including phenoxy) is 1. The van der Waals surface area contributed by atoms with Crippen LogP contribution in [0, 0.1) is 0 Å². The second-order valence-corrected chi connectivity index (χ2v) is 6.37. The molecule has 1 aliphatic rings. The SMILES string of the molecule is CC(C)(C)OC(=O)NC1CCCN(c2ccncc2N)C1. The summed E-state index contributed by atoms with van der Waals surface area (Å²) < 4.78 is 5.30. The number of anilines is 2. The molecule has 0 bridgehead atoms.